The minimum absolute atomic E-state index is 0.248. The van der Waals surface area contributed by atoms with Crippen LogP contribution in [0, 0.1) is 10.8 Å². The summed E-state index contributed by atoms with van der Waals surface area (Å²) in [5.74, 6) is 0. The topological polar surface area (TPSA) is 6.48 Å². The highest BCUT2D eigenvalue weighted by Crippen LogP contribution is 2.78. The largest absolute Gasteiger partial charge is 0.369 e. The van der Waals surface area contributed by atoms with E-state index < -0.39 is 0 Å². The number of hydrogen-bond acceptors (Lipinski definition) is 2. The van der Waals surface area contributed by atoms with Crippen molar-refractivity contribution < 1.29 is 0 Å². The average Bonchev–Trinajstić information content (AvgIpc) is 3.28. The van der Waals surface area contributed by atoms with Gasteiger partial charge < -0.3 is 4.90 Å². The molecule has 0 spiro atoms. The lowest BCUT2D eigenvalue weighted by Gasteiger charge is -2.38. The number of para-hydroxylation sites is 1. The Morgan fingerprint density at radius 3 is 1.44 bits per heavy atom. The Hall–Kier alpha value is -1.80. The second-order valence-corrected chi connectivity index (χ2v) is 9.05. The lowest BCUT2D eigenvalue weighted by Crippen LogP contribution is -2.48. The zero-order valence-electron chi connectivity index (χ0n) is 24.7. The SMILES string of the molecule is CC.CC.CC.CC.CC1(C)[C@@](C)(CN2CCN(c3ccccc3)CC2)[C@]1(C)c1ccccc1. The van der Waals surface area contributed by atoms with Gasteiger partial charge in [0.25, 0.3) is 0 Å². The predicted octanol–water partition coefficient (Wildman–Crippen LogP) is 8.92. The lowest BCUT2D eigenvalue weighted by atomic mass is 9.87. The van der Waals surface area contributed by atoms with Gasteiger partial charge in [-0.05, 0) is 28.5 Å². The normalized spacial score (nSPS) is 24.4. The molecule has 2 aromatic carbocycles. The fraction of sp³-hybridized carbons (Fsp3) is 0.625. The molecular weight excluding hydrogens is 412 g/mol. The monoisotopic (exact) mass is 468 g/mol. The first-order valence-corrected chi connectivity index (χ1v) is 14.0. The van der Waals surface area contributed by atoms with Gasteiger partial charge in [0.1, 0.15) is 0 Å². The second-order valence-electron chi connectivity index (χ2n) is 9.05. The van der Waals surface area contributed by atoms with Crippen LogP contribution in [-0.2, 0) is 5.41 Å². The van der Waals surface area contributed by atoms with Crippen molar-refractivity contribution in [1.82, 2.24) is 4.90 Å². The van der Waals surface area contributed by atoms with E-state index >= 15 is 0 Å². The molecule has 2 fully saturated rings. The van der Waals surface area contributed by atoms with Crippen molar-refractivity contribution in [2.24, 2.45) is 10.8 Å². The quantitative estimate of drug-likeness (QED) is 0.442. The van der Waals surface area contributed by atoms with E-state index in [4.69, 9.17) is 0 Å². The van der Waals surface area contributed by atoms with Gasteiger partial charge >= 0.3 is 0 Å². The van der Waals surface area contributed by atoms with Crippen molar-refractivity contribution in [3.8, 4) is 0 Å². The molecule has 2 aliphatic rings. The summed E-state index contributed by atoms with van der Waals surface area (Å²) in [6, 6.07) is 22.0. The van der Waals surface area contributed by atoms with Crippen LogP contribution >= 0.6 is 0 Å². The maximum Gasteiger partial charge on any atom is 0.0367 e. The van der Waals surface area contributed by atoms with Crippen molar-refractivity contribution in [1.29, 1.82) is 0 Å². The summed E-state index contributed by atoms with van der Waals surface area (Å²) in [6.07, 6.45) is 0. The van der Waals surface area contributed by atoms with Crippen LogP contribution in [0.5, 0.6) is 0 Å². The zero-order valence-corrected chi connectivity index (χ0v) is 24.7. The van der Waals surface area contributed by atoms with E-state index in [-0.39, 0.29) is 5.41 Å². The number of piperazine rings is 1. The second kappa shape index (κ2) is 15.2. The molecule has 4 rings (SSSR count). The molecule has 194 valence electrons. The molecule has 1 saturated heterocycles. The standard InChI is InChI=1S/C24H32N2.4C2H6/c1-22(2)23(3,24(22,4)20-11-7-5-8-12-20)19-25-15-17-26(18-16-25)21-13-9-6-10-14-21;4*1-2/h5-14H,15-19H2,1-4H3;4*1-2H3/t23-,24-;;;;/m1..../s1. The third-order valence-electron chi connectivity index (χ3n) is 8.06. The molecule has 0 aromatic heterocycles. The summed E-state index contributed by atoms with van der Waals surface area (Å²) >= 11 is 0. The van der Waals surface area contributed by atoms with Crippen LogP contribution in [0.15, 0.2) is 60.7 Å². The smallest absolute Gasteiger partial charge is 0.0367 e. The zero-order chi connectivity index (χ0) is 26.4. The molecule has 0 N–H and O–H groups in total. The van der Waals surface area contributed by atoms with E-state index in [1.807, 2.05) is 55.4 Å². The molecule has 0 unspecified atom stereocenters. The molecule has 0 radical (unpaired) electrons. The Morgan fingerprint density at radius 1 is 0.588 bits per heavy atom. The van der Waals surface area contributed by atoms with Gasteiger partial charge in [-0.25, -0.2) is 0 Å². The summed E-state index contributed by atoms with van der Waals surface area (Å²) in [5.41, 5.74) is 3.74. The van der Waals surface area contributed by atoms with Crippen LogP contribution in [0.2, 0.25) is 0 Å². The lowest BCUT2D eigenvalue weighted by molar-refractivity contribution is 0.190. The number of nitrogens with zero attached hydrogens (tertiary/aromatic N) is 2. The first kappa shape index (κ1) is 32.2. The van der Waals surface area contributed by atoms with Crippen molar-refractivity contribution >= 4 is 5.69 Å². The van der Waals surface area contributed by atoms with Gasteiger partial charge in [-0.2, -0.15) is 0 Å². The molecule has 1 saturated carbocycles. The summed E-state index contributed by atoms with van der Waals surface area (Å²) in [7, 11) is 0. The molecule has 0 amide bonds. The van der Waals surface area contributed by atoms with Crippen molar-refractivity contribution in [2.75, 3.05) is 37.6 Å². The van der Waals surface area contributed by atoms with Crippen molar-refractivity contribution in [3.63, 3.8) is 0 Å². The highest BCUT2D eigenvalue weighted by atomic mass is 15.3. The number of hydrogen-bond donors (Lipinski definition) is 0. The molecular formula is C32H56N2. The summed E-state index contributed by atoms with van der Waals surface area (Å²) in [4.78, 5) is 5.21. The van der Waals surface area contributed by atoms with E-state index in [2.05, 4.69) is 98.2 Å². The van der Waals surface area contributed by atoms with Gasteiger partial charge in [-0.1, -0.05) is 132 Å². The predicted molar refractivity (Wildman–Crippen MR) is 156 cm³/mol. The van der Waals surface area contributed by atoms with Gasteiger partial charge in [0.15, 0.2) is 0 Å². The Morgan fingerprint density at radius 2 is 1.00 bits per heavy atom. The Balaban J connectivity index is 0.00000124. The molecule has 1 aliphatic heterocycles. The minimum Gasteiger partial charge on any atom is -0.369 e. The molecule has 0 bridgehead atoms. The third kappa shape index (κ3) is 6.25. The number of rotatable bonds is 4. The number of anilines is 1. The molecule has 1 aliphatic carbocycles. The number of benzene rings is 2. The average molecular weight is 469 g/mol. The first-order valence-electron chi connectivity index (χ1n) is 14.0. The van der Waals surface area contributed by atoms with Crippen LogP contribution in [0.25, 0.3) is 0 Å². The third-order valence-corrected chi connectivity index (χ3v) is 8.06. The maximum absolute atomic E-state index is 2.69. The Kier molecular flexibility index (Phi) is 14.4. The molecule has 2 atom stereocenters. The maximum atomic E-state index is 2.69. The van der Waals surface area contributed by atoms with Crippen LogP contribution < -0.4 is 4.90 Å². The van der Waals surface area contributed by atoms with Crippen molar-refractivity contribution in [2.45, 2.75) is 88.5 Å². The van der Waals surface area contributed by atoms with Crippen LogP contribution in [0.3, 0.4) is 0 Å². The fourth-order valence-electron chi connectivity index (χ4n) is 5.50. The summed E-state index contributed by atoms with van der Waals surface area (Å²) in [6.45, 7) is 31.7. The van der Waals surface area contributed by atoms with Gasteiger partial charge in [-0.15, -0.1) is 0 Å². The van der Waals surface area contributed by atoms with E-state index in [9.17, 15) is 0 Å². The van der Waals surface area contributed by atoms with E-state index in [1.54, 1.807) is 0 Å². The van der Waals surface area contributed by atoms with E-state index in [1.165, 1.54) is 17.8 Å². The molecule has 34 heavy (non-hydrogen) atoms. The highest BCUT2D eigenvalue weighted by molar-refractivity contribution is 5.47. The van der Waals surface area contributed by atoms with Gasteiger partial charge in [0.2, 0.25) is 0 Å². The van der Waals surface area contributed by atoms with Gasteiger partial charge in [0.05, 0.1) is 0 Å². The summed E-state index contributed by atoms with van der Waals surface area (Å²) < 4.78 is 0. The van der Waals surface area contributed by atoms with Crippen LogP contribution in [0.1, 0.15) is 88.6 Å². The Labute approximate surface area is 213 Å². The molecule has 2 heteroatoms. The Bertz CT molecular complexity index is 747. The molecule has 1 heterocycles. The van der Waals surface area contributed by atoms with E-state index in [0.29, 0.717) is 10.8 Å². The highest BCUT2D eigenvalue weighted by Gasteiger charge is 2.77. The van der Waals surface area contributed by atoms with Crippen LogP contribution in [0.4, 0.5) is 5.69 Å². The molecule has 2 aromatic rings. The van der Waals surface area contributed by atoms with Crippen LogP contribution in [-0.4, -0.2) is 37.6 Å². The first-order chi connectivity index (χ1) is 16.4. The fourth-order valence-corrected chi connectivity index (χ4v) is 5.50. The molecule has 2 nitrogen and oxygen atoms in total. The van der Waals surface area contributed by atoms with Gasteiger partial charge in [0, 0.05) is 43.8 Å². The van der Waals surface area contributed by atoms with E-state index in [0.717, 1.165) is 26.2 Å². The van der Waals surface area contributed by atoms with Gasteiger partial charge in [-0.3, -0.25) is 4.90 Å². The minimum atomic E-state index is 0.248. The summed E-state index contributed by atoms with van der Waals surface area (Å²) in [5, 5.41) is 0. The van der Waals surface area contributed by atoms with Crippen molar-refractivity contribution in [3.05, 3.63) is 66.2 Å².